The second-order valence-electron chi connectivity index (χ2n) is 5.32. The van der Waals surface area contributed by atoms with Crippen molar-refractivity contribution in [2.75, 3.05) is 13.9 Å². The van der Waals surface area contributed by atoms with Crippen LogP contribution in [0.4, 0.5) is 0 Å². The summed E-state index contributed by atoms with van der Waals surface area (Å²) in [5.41, 5.74) is 2.18. The molecule has 0 aromatic heterocycles. The molecule has 2 heterocycles. The summed E-state index contributed by atoms with van der Waals surface area (Å²) in [6, 6.07) is 8.99. The standard InChI is InChI=1S/C18H14O5/c1-10-13(20-2)6-4-12-17(19)16(23-18(10)12)8-11-3-5-14-15(7-11)22-9-21-14/h3-8H,9H2,1-2H3. The number of benzene rings is 2. The van der Waals surface area contributed by atoms with Gasteiger partial charge < -0.3 is 18.9 Å². The van der Waals surface area contributed by atoms with Crippen molar-refractivity contribution >= 4 is 11.9 Å². The number of Topliss-reactive ketones (excluding diaryl/α,β-unsaturated/α-hetero) is 1. The molecule has 2 aromatic rings. The van der Waals surface area contributed by atoms with E-state index in [0.29, 0.717) is 28.6 Å². The fraction of sp³-hybridized carbons (Fsp3) is 0.167. The number of ketones is 1. The highest BCUT2D eigenvalue weighted by atomic mass is 16.7. The van der Waals surface area contributed by atoms with Crippen molar-refractivity contribution in [1.82, 2.24) is 0 Å². The average molecular weight is 310 g/mol. The Morgan fingerprint density at radius 1 is 1.13 bits per heavy atom. The fourth-order valence-corrected chi connectivity index (χ4v) is 2.74. The molecule has 0 spiro atoms. The first-order valence-electron chi connectivity index (χ1n) is 7.19. The van der Waals surface area contributed by atoms with Crippen LogP contribution in [-0.4, -0.2) is 19.7 Å². The van der Waals surface area contributed by atoms with Crippen LogP contribution in [0.25, 0.3) is 6.08 Å². The minimum Gasteiger partial charge on any atom is -0.496 e. The van der Waals surface area contributed by atoms with Gasteiger partial charge >= 0.3 is 0 Å². The Morgan fingerprint density at radius 2 is 1.96 bits per heavy atom. The molecule has 23 heavy (non-hydrogen) atoms. The van der Waals surface area contributed by atoms with Crippen molar-refractivity contribution in [3.63, 3.8) is 0 Å². The molecule has 2 aliphatic heterocycles. The van der Waals surface area contributed by atoms with E-state index in [4.69, 9.17) is 18.9 Å². The first-order valence-corrected chi connectivity index (χ1v) is 7.19. The topological polar surface area (TPSA) is 54.0 Å². The molecule has 0 saturated heterocycles. The van der Waals surface area contributed by atoms with Gasteiger partial charge in [0.15, 0.2) is 17.3 Å². The van der Waals surface area contributed by atoms with Crippen LogP contribution in [0.5, 0.6) is 23.0 Å². The highest BCUT2D eigenvalue weighted by Gasteiger charge is 2.30. The Bertz CT molecular complexity index is 851. The first kappa shape index (κ1) is 13.7. The maximum Gasteiger partial charge on any atom is 0.231 e. The van der Waals surface area contributed by atoms with E-state index in [2.05, 4.69) is 0 Å². The smallest absolute Gasteiger partial charge is 0.231 e. The first-order chi connectivity index (χ1) is 11.2. The second-order valence-corrected chi connectivity index (χ2v) is 5.32. The van der Waals surface area contributed by atoms with Gasteiger partial charge in [-0.2, -0.15) is 0 Å². The van der Waals surface area contributed by atoms with Gasteiger partial charge in [-0.1, -0.05) is 6.07 Å². The zero-order valence-electron chi connectivity index (χ0n) is 12.7. The number of ether oxygens (including phenoxy) is 4. The van der Waals surface area contributed by atoms with Gasteiger partial charge in [-0.25, -0.2) is 0 Å². The number of fused-ring (bicyclic) bond motifs is 2. The zero-order valence-corrected chi connectivity index (χ0v) is 12.7. The maximum absolute atomic E-state index is 12.5. The number of hydrogen-bond acceptors (Lipinski definition) is 5. The molecule has 0 radical (unpaired) electrons. The molecule has 0 saturated carbocycles. The van der Waals surface area contributed by atoms with Crippen molar-refractivity contribution in [2.24, 2.45) is 0 Å². The van der Waals surface area contributed by atoms with Gasteiger partial charge in [-0.15, -0.1) is 0 Å². The van der Waals surface area contributed by atoms with Crippen molar-refractivity contribution in [2.45, 2.75) is 6.92 Å². The van der Waals surface area contributed by atoms with Crippen molar-refractivity contribution < 1.29 is 23.7 Å². The molecule has 5 nitrogen and oxygen atoms in total. The second kappa shape index (κ2) is 5.05. The molecule has 2 aromatic carbocycles. The summed E-state index contributed by atoms with van der Waals surface area (Å²) in [4.78, 5) is 12.5. The van der Waals surface area contributed by atoms with Gasteiger partial charge in [0.05, 0.1) is 12.7 Å². The van der Waals surface area contributed by atoms with Crippen molar-refractivity contribution in [3.8, 4) is 23.0 Å². The summed E-state index contributed by atoms with van der Waals surface area (Å²) in [7, 11) is 1.59. The average Bonchev–Trinajstić information content (AvgIpc) is 3.14. The summed E-state index contributed by atoms with van der Waals surface area (Å²) in [5.74, 6) is 2.77. The normalized spacial score (nSPS) is 16.4. The van der Waals surface area contributed by atoms with Crippen LogP contribution >= 0.6 is 0 Å². The van der Waals surface area contributed by atoms with Crippen LogP contribution in [0.15, 0.2) is 36.1 Å². The highest BCUT2D eigenvalue weighted by molar-refractivity contribution is 6.15. The van der Waals surface area contributed by atoms with E-state index in [1.54, 1.807) is 25.3 Å². The van der Waals surface area contributed by atoms with E-state index < -0.39 is 0 Å². The summed E-state index contributed by atoms with van der Waals surface area (Å²) < 4.78 is 21.7. The van der Waals surface area contributed by atoms with Gasteiger partial charge in [0.25, 0.3) is 0 Å². The van der Waals surface area contributed by atoms with E-state index in [1.165, 1.54) is 0 Å². The minimum atomic E-state index is -0.136. The third kappa shape index (κ3) is 2.12. The van der Waals surface area contributed by atoms with Crippen LogP contribution in [0.3, 0.4) is 0 Å². The lowest BCUT2D eigenvalue weighted by Crippen LogP contribution is -1.98. The molecular weight excluding hydrogens is 296 g/mol. The predicted molar refractivity (Wildman–Crippen MR) is 83.2 cm³/mol. The van der Waals surface area contributed by atoms with Gasteiger partial charge in [0, 0.05) is 5.56 Å². The van der Waals surface area contributed by atoms with Crippen LogP contribution < -0.4 is 18.9 Å². The molecule has 0 N–H and O–H groups in total. The molecule has 0 bridgehead atoms. The van der Waals surface area contributed by atoms with Crippen molar-refractivity contribution in [1.29, 1.82) is 0 Å². The van der Waals surface area contributed by atoms with Crippen LogP contribution in [-0.2, 0) is 0 Å². The largest absolute Gasteiger partial charge is 0.496 e. The molecule has 4 rings (SSSR count). The Labute approximate surface area is 133 Å². The molecule has 2 aliphatic rings. The minimum absolute atomic E-state index is 0.136. The molecule has 5 heteroatoms. The Hall–Kier alpha value is -2.95. The Kier molecular flexibility index (Phi) is 3.01. The Balaban J connectivity index is 1.71. The molecule has 0 aliphatic carbocycles. The molecule has 0 atom stereocenters. The van der Waals surface area contributed by atoms with E-state index in [1.807, 2.05) is 25.1 Å². The number of carbonyl (C=O) groups excluding carboxylic acids is 1. The van der Waals surface area contributed by atoms with E-state index in [0.717, 1.165) is 11.1 Å². The monoisotopic (exact) mass is 310 g/mol. The SMILES string of the molecule is COc1ccc2c(c1C)OC(=Cc1ccc3c(c1)OCO3)C2=O. The van der Waals surface area contributed by atoms with Crippen molar-refractivity contribution in [3.05, 3.63) is 52.8 Å². The quantitative estimate of drug-likeness (QED) is 0.796. The molecule has 0 unspecified atom stereocenters. The lowest BCUT2D eigenvalue weighted by atomic mass is 10.1. The summed E-state index contributed by atoms with van der Waals surface area (Å²) in [5, 5.41) is 0. The van der Waals surface area contributed by atoms with E-state index in [9.17, 15) is 4.79 Å². The Morgan fingerprint density at radius 3 is 2.78 bits per heavy atom. The van der Waals surface area contributed by atoms with Crippen LogP contribution in [0, 0.1) is 6.92 Å². The number of carbonyl (C=O) groups is 1. The molecule has 0 fully saturated rings. The van der Waals surface area contributed by atoms with E-state index in [-0.39, 0.29) is 18.3 Å². The number of methoxy groups -OCH3 is 1. The third-order valence-electron chi connectivity index (χ3n) is 3.95. The van der Waals surface area contributed by atoms with Gasteiger partial charge in [-0.05, 0) is 42.8 Å². The maximum atomic E-state index is 12.5. The van der Waals surface area contributed by atoms with Gasteiger partial charge in [-0.3, -0.25) is 4.79 Å². The summed E-state index contributed by atoms with van der Waals surface area (Å²) in [6.45, 7) is 2.09. The zero-order chi connectivity index (χ0) is 16.0. The lowest BCUT2D eigenvalue weighted by Gasteiger charge is -2.07. The predicted octanol–water partition coefficient (Wildman–Crippen LogP) is 3.35. The van der Waals surface area contributed by atoms with Gasteiger partial charge in [0.2, 0.25) is 12.6 Å². The lowest BCUT2D eigenvalue weighted by molar-refractivity contribution is 0.101. The summed E-state index contributed by atoms with van der Waals surface area (Å²) >= 11 is 0. The van der Waals surface area contributed by atoms with Crippen LogP contribution in [0.2, 0.25) is 0 Å². The molecule has 116 valence electrons. The summed E-state index contributed by atoms with van der Waals surface area (Å²) in [6.07, 6.45) is 1.70. The van der Waals surface area contributed by atoms with Crippen LogP contribution in [0.1, 0.15) is 21.5 Å². The van der Waals surface area contributed by atoms with Gasteiger partial charge in [0.1, 0.15) is 11.5 Å². The highest BCUT2D eigenvalue weighted by Crippen LogP contribution is 2.39. The number of allylic oxidation sites excluding steroid dienone is 1. The fourth-order valence-electron chi connectivity index (χ4n) is 2.74. The third-order valence-corrected chi connectivity index (χ3v) is 3.95. The number of rotatable bonds is 2. The van der Waals surface area contributed by atoms with E-state index >= 15 is 0 Å². The number of hydrogen-bond donors (Lipinski definition) is 0. The molecular formula is C18H14O5. The molecule has 0 amide bonds.